The van der Waals surface area contributed by atoms with Crippen LogP contribution in [-0.4, -0.2) is 11.9 Å². The van der Waals surface area contributed by atoms with Crippen molar-refractivity contribution < 1.29 is 23.1 Å². The largest absolute Gasteiger partial charge is 0.486 e. The molecular formula is C22H17ClF2N2O3. The van der Waals surface area contributed by atoms with Crippen molar-refractivity contribution >= 4 is 29.2 Å². The Labute approximate surface area is 176 Å². The normalized spacial score (nSPS) is 11.5. The number of carbonyl (C=O) groups excluding carboxylic acids is 2. The molecule has 8 heteroatoms. The number of hydrogen-bond acceptors (Lipinski definition) is 3. The van der Waals surface area contributed by atoms with E-state index in [0.29, 0.717) is 16.5 Å². The summed E-state index contributed by atoms with van der Waals surface area (Å²) in [6.45, 7) is 1.87. The standard InChI is InChI=1S/C22H17ClF2N2O3/c1-13(30-17-11-7-15(23)8-12-17)14-5-9-16(10-6-14)26-22(29)27-21(28)20-18(24)3-2-4-19(20)25/h2-13H,1H3,(H2,26,27,28,29). The van der Waals surface area contributed by atoms with Gasteiger partial charge >= 0.3 is 6.03 Å². The van der Waals surface area contributed by atoms with Crippen LogP contribution in [0, 0.1) is 11.6 Å². The number of rotatable bonds is 5. The van der Waals surface area contributed by atoms with Gasteiger partial charge in [0.2, 0.25) is 0 Å². The highest BCUT2D eigenvalue weighted by atomic mass is 35.5. The van der Waals surface area contributed by atoms with E-state index in [2.05, 4.69) is 5.32 Å². The Hall–Kier alpha value is -3.45. The van der Waals surface area contributed by atoms with Gasteiger partial charge in [-0.05, 0) is 61.0 Å². The number of halogens is 3. The molecule has 3 aromatic carbocycles. The fourth-order valence-electron chi connectivity index (χ4n) is 2.67. The van der Waals surface area contributed by atoms with Crippen LogP contribution in [0.1, 0.15) is 28.9 Å². The molecule has 3 rings (SSSR count). The first-order valence-corrected chi connectivity index (χ1v) is 9.30. The number of benzene rings is 3. The molecule has 0 aliphatic rings. The van der Waals surface area contributed by atoms with Gasteiger partial charge in [-0.1, -0.05) is 29.8 Å². The molecule has 0 saturated heterocycles. The maximum atomic E-state index is 13.6. The van der Waals surface area contributed by atoms with E-state index < -0.39 is 29.1 Å². The number of amides is 3. The lowest BCUT2D eigenvalue weighted by Gasteiger charge is -2.16. The van der Waals surface area contributed by atoms with E-state index in [1.165, 1.54) is 0 Å². The van der Waals surface area contributed by atoms with E-state index in [-0.39, 0.29) is 6.10 Å². The Morgan fingerprint density at radius 1 is 0.933 bits per heavy atom. The van der Waals surface area contributed by atoms with Crippen LogP contribution < -0.4 is 15.4 Å². The predicted octanol–water partition coefficient (Wildman–Crippen LogP) is 5.72. The first kappa shape index (κ1) is 21.3. The van der Waals surface area contributed by atoms with Crippen molar-refractivity contribution in [1.82, 2.24) is 5.32 Å². The first-order chi connectivity index (χ1) is 14.3. The summed E-state index contributed by atoms with van der Waals surface area (Å²) in [5, 5.41) is 4.94. The molecule has 0 radical (unpaired) electrons. The highest BCUT2D eigenvalue weighted by molar-refractivity contribution is 6.30. The minimum absolute atomic E-state index is 0.264. The molecule has 0 aliphatic heterocycles. The SMILES string of the molecule is CC(Oc1ccc(Cl)cc1)c1ccc(NC(=O)NC(=O)c2c(F)cccc2F)cc1. The number of carbonyl (C=O) groups is 2. The van der Waals surface area contributed by atoms with Crippen LogP contribution in [-0.2, 0) is 0 Å². The summed E-state index contributed by atoms with van der Waals surface area (Å²) in [6, 6.07) is 15.8. The molecule has 1 atom stereocenters. The van der Waals surface area contributed by atoms with Crippen molar-refractivity contribution in [1.29, 1.82) is 0 Å². The van der Waals surface area contributed by atoms with E-state index >= 15 is 0 Å². The summed E-state index contributed by atoms with van der Waals surface area (Å²) in [6.07, 6.45) is -0.264. The average molecular weight is 431 g/mol. The van der Waals surface area contributed by atoms with E-state index in [1.54, 1.807) is 48.5 Å². The van der Waals surface area contributed by atoms with Crippen LogP contribution in [0.2, 0.25) is 5.02 Å². The summed E-state index contributed by atoms with van der Waals surface area (Å²) in [5.74, 6) is -2.63. The second kappa shape index (κ2) is 9.37. The van der Waals surface area contributed by atoms with Gasteiger partial charge in [0, 0.05) is 10.7 Å². The van der Waals surface area contributed by atoms with E-state index in [0.717, 1.165) is 23.8 Å². The molecule has 1 unspecified atom stereocenters. The second-order valence-electron chi connectivity index (χ2n) is 6.34. The summed E-state index contributed by atoms with van der Waals surface area (Å²) in [4.78, 5) is 23.9. The number of anilines is 1. The van der Waals surface area contributed by atoms with E-state index in [9.17, 15) is 18.4 Å². The van der Waals surface area contributed by atoms with E-state index in [1.807, 2.05) is 12.2 Å². The maximum absolute atomic E-state index is 13.6. The first-order valence-electron chi connectivity index (χ1n) is 8.92. The number of hydrogen-bond donors (Lipinski definition) is 2. The van der Waals surface area contributed by atoms with Crippen LogP contribution >= 0.6 is 11.6 Å². The molecule has 3 aromatic rings. The third-order valence-corrected chi connectivity index (χ3v) is 4.43. The number of imide groups is 1. The molecule has 2 N–H and O–H groups in total. The minimum Gasteiger partial charge on any atom is -0.486 e. The Morgan fingerprint density at radius 2 is 1.53 bits per heavy atom. The monoisotopic (exact) mass is 430 g/mol. The third-order valence-electron chi connectivity index (χ3n) is 4.18. The smallest absolute Gasteiger partial charge is 0.326 e. The molecule has 0 fully saturated rings. The van der Waals surface area contributed by atoms with Gasteiger partial charge in [0.1, 0.15) is 29.1 Å². The van der Waals surface area contributed by atoms with Crippen LogP contribution in [0.4, 0.5) is 19.3 Å². The molecule has 30 heavy (non-hydrogen) atoms. The Balaban J connectivity index is 1.59. The van der Waals surface area contributed by atoms with Crippen molar-refractivity contribution in [2.45, 2.75) is 13.0 Å². The molecule has 0 heterocycles. The third kappa shape index (κ3) is 5.33. The summed E-state index contributed by atoms with van der Waals surface area (Å²) in [5.41, 5.74) is 0.410. The van der Waals surface area contributed by atoms with Crippen LogP contribution in [0.3, 0.4) is 0 Å². The van der Waals surface area contributed by atoms with Gasteiger partial charge in [-0.25, -0.2) is 13.6 Å². The maximum Gasteiger partial charge on any atom is 0.326 e. The molecule has 0 bridgehead atoms. The van der Waals surface area contributed by atoms with Crippen molar-refractivity contribution in [3.8, 4) is 5.75 Å². The topological polar surface area (TPSA) is 67.4 Å². The van der Waals surface area contributed by atoms with Crippen LogP contribution in [0.25, 0.3) is 0 Å². The zero-order chi connectivity index (χ0) is 21.7. The molecule has 0 aromatic heterocycles. The average Bonchev–Trinajstić information content (AvgIpc) is 2.70. The second-order valence-corrected chi connectivity index (χ2v) is 6.78. The molecule has 3 amide bonds. The van der Waals surface area contributed by atoms with E-state index in [4.69, 9.17) is 16.3 Å². The highest BCUT2D eigenvalue weighted by Crippen LogP contribution is 2.24. The predicted molar refractivity (Wildman–Crippen MR) is 110 cm³/mol. The summed E-state index contributed by atoms with van der Waals surface area (Å²) in [7, 11) is 0. The van der Waals surface area contributed by atoms with Gasteiger partial charge < -0.3 is 10.1 Å². The Bertz CT molecular complexity index is 1040. The molecular weight excluding hydrogens is 414 g/mol. The molecule has 0 aliphatic carbocycles. The number of ether oxygens (including phenoxy) is 1. The lowest BCUT2D eigenvalue weighted by atomic mass is 10.1. The zero-order valence-corrected chi connectivity index (χ0v) is 16.5. The Morgan fingerprint density at radius 3 is 2.13 bits per heavy atom. The lowest BCUT2D eigenvalue weighted by Crippen LogP contribution is -2.35. The highest BCUT2D eigenvalue weighted by Gasteiger charge is 2.19. The van der Waals surface area contributed by atoms with Crippen LogP contribution in [0.15, 0.2) is 66.7 Å². The van der Waals surface area contributed by atoms with Crippen molar-refractivity contribution in [2.75, 3.05) is 5.32 Å². The van der Waals surface area contributed by atoms with Gasteiger partial charge in [-0.3, -0.25) is 10.1 Å². The Kier molecular flexibility index (Phi) is 6.64. The van der Waals surface area contributed by atoms with Gasteiger partial charge in [-0.2, -0.15) is 0 Å². The summed E-state index contributed by atoms with van der Waals surface area (Å²) >= 11 is 5.85. The van der Waals surface area contributed by atoms with Gasteiger partial charge in [0.15, 0.2) is 0 Å². The van der Waals surface area contributed by atoms with Crippen molar-refractivity contribution in [3.05, 3.63) is 94.5 Å². The molecule has 0 spiro atoms. The minimum atomic E-state index is -1.18. The fraction of sp³-hybridized carbons (Fsp3) is 0.0909. The van der Waals surface area contributed by atoms with Gasteiger partial charge in [0.25, 0.3) is 5.91 Å². The molecule has 5 nitrogen and oxygen atoms in total. The number of nitrogens with one attached hydrogen (secondary N) is 2. The number of urea groups is 1. The lowest BCUT2D eigenvalue weighted by molar-refractivity contribution is 0.0959. The zero-order valence-electron chi connectivity index (χ0n) is 15.8. The molecule has 0 saturated carbocycles. The van der Waals surface area contributed by atoms with Crippen LogP contribution in [0.5, 0.6) is 5.75 Å². The fourth-order valence-corrected chi connectivity index (χ4v) is 2.79. The molecule has 154 valence electrons. The van der Waals surface area contributed by atoms with Gasteiger partial charge in [0.05, 0.1) is 0 Å². The van der Waals surface area contributed by atoms with Crippen molar-refractivity contribution in [3.63, 3.8) is 0 Å². The summed E-state index contributed by atoms with van der Waals surface area (Å²) < 4.78 is 33.1. The van der Waals surface area contributed by atoms with Crippen molar-refractivity contribution in [2.24, 2.45) is 0 Å². The quantitative estimate of drug-likeness (QED) is 0.544. The van der Waals surface area contributed by atoms with Gasteiger partial charge in [-0.15, -0.1) is 0 Å².